The summed E-state index contributed by atoms with van der Waals surface area (Å²) in [5.74, 6) is -0.306. The molecule has 0 amide bonds. The van der Waals surface area contributed by atoms with Gasteiger partial charge in [0.15, 0.2) is 0 Å². The molecule has 2 aromatic carbocycles. The molecule has 0 heterocycles. The summed E-state index contributed by atoms with van der Waals surface area (Å²) in [6.07, 6.45) is 2.57. The molecule has 2 aromatic rings. The van der Waals surface area contributed by atoms with Crippen molar-refractivity contribution in [2.45, 2.75) is 38.3 Å². The minimum absolute atomic E-state index is 0.157. The van der Waals surface area contributed by atoms with E-state index in [2.05, 4.69) is 29.6 Å². The molecule has 1 saturated carbocycles. The van der Waals surface area contributed by atoms with Crippen LogP contribution in [0.15, 0.2) is 42.5 Å². The van der Waals surface area contributed by atoms with Crippen LogP contribution < -0.4 is 5.32 Å². The van der Waals surface area contributed by atoms with Crippen molar-refractivity contribution in [1.82, 2.24) is 5.32 Å². The lowest BCUT2D eigenvalue weighted by molar-refractivity contribution is 0.517. The molecule has 1 fully saturated rings. The topological polar surface area (TPSA) is 12.0 Å². The highest BCUT2D eigenvalue weighted by Gasteiger charge is 2.23. The van der Waals surface area contributed by atoms with Crippen LogP contribution >= 0.6 is 0 Å². The Balaban J connectivity index is 1.65. The SMILES string of the molecule is CC(NCc1cccc(C2CC2)c1)c1ccc(F)cc1F. The molecule has 0 aromatic heterocycles. The third-order valence-corrected chi connectivity index (χ3v) is 4.04. The molecule has 0 spiro atoms. The molecule has 3 heteroatoms. The van der Waals surface area contributed by atoms with E-state index in [4.69, 9.17) is 0 Å². The molecule has 1 aliphatic carbocycles. The van der Waals surface area contributed by atoms with E-state index in [1.54, 1.807) is 0 Å². The van der Waals surface area contributed by atoms with Crippen molar-refractivity contribution >= 4 is 0 Å². The van der Waals surface area contributed by atoms with Gasteiger partial charge in [0, 0.05) is 24.2 Å². The Hall–Kier alpha value is -1.74. The highest BCUT2D eigenvalue weighted by Crippen LogP contribution is 2.40. The second-order valence-corrected chi connectivity index (χ2v) is 5.79. The number of nitrogens with one attached hydrogen (secondary N) is 1. The summed E-state index contributed by atoms with van der Waals surface area (Å²) in [5, 5.41) is 3.30. The van der Waals surface area contributed by atoms with E-state index in [0.717, 1.165) is 12.0 Å². The highest BCUT2D eigenvalue weighted by molar-refractivity contribution is 5.29. The normalized spacial score (nSPS) is 16.0. The van der Waals surface area contributed by atoms with Crippen LogP contribution in [0.2, 0.25) is 0 Å². The predicted molar refractivity (Wildman–Crippen MR) is 80.0 cm³/mol. The van der Waals surface area contributed by atoms with Gasteiger partial charge >= 0.3 is 0 Å². The number of hydrogen-bond donors (Lipinski definition) is 1. The van der Waals surface area contributed by atoms with E-state index in [-0.39, 0.29) is 6.04 Å². The molecule has 1 N–H and O–H groups in total. The zero-order chi connectivity index (χ0) is 14.8. The molecule has 21 heavy (non-hydrogen) atoms. The van der Waals surface area contributed by atoms with Gasteiger partial charge < -0.3 is 5.32 Å². The molecule has 0 aliphatic heterocycles. The Bertz CT molecular complexity index is 635. The quantitative estimate of drug-likeness (QED) is 0.841. The lowest BCUT2D eigenvalue weighted by Gasteiger charge is -2.15. The summed E-state index contributed by atoms with van der Waals surface area (Å²) >= 11 is 0. The third kappa shape index (κ3) is 3.48. The Morgan fingerprint density at radius 2 is 1.95 bits per heavy atom. The molecular formula is C18H19F2N. The molecule has 1 unspecified atom stereocenters. The first kappa shape index (κ1) is 14.2. The van der Waals surface area contributed by atoms with Crippen molar-refractivity contribution in [3.05, 3.63) is 70.8 Å². The van der Waals surface area contributed by atoms with Crippen LogP contribution in [-0.2, 0) is 6.54 Å². The predicted octanol–water partition coefficient (Wildman–Crippen LogP) is 4.69. The standard InChI is InChI=1S/C18H19F2N/c1-12(17-8-7-16(19)10-18(17)20)21-11-13-3-2-4-15(9-13)14-5-6-14/h2-4,7-10,12,14,21H,5-6,11H2,1H3. The highest BCUT2D eigenvalue weighted by atomic mass is 19.1. The van der Waals surface area contributed by atoms with Crippen molar-refractivity contribution in [2.75, 3.05) is 0 Å². The third-order valence-electron chi connectivity index (χ3n) is 4.04. The summed E-state index contributed by atoms with van der Waals surface area (Å²) in [7, 11) is 0. The first-order chi connectivity index (χ1) is 10.1. The van der Waals surface area contributed by atoms with Crippen molar-refractivity contribution in [3.8, 4) is 0 Å². The second kappa shape index (κ2) is 5.94. The zero-order valence-corrected chi connectivity index (χ0v) is 12.1. The molecule has 0 saturated heterocycles. The van der Waals surface area contributed by atoms with Crippen molar-refractivity contribution in [2.24, 2.45) is 0 Å². The Morgan fingerprint density at radius 3 is 2.67 bits per heavy atom. The maximum Gasteiger partial charge on any atom is 0.130 e. The molecule has 1 atom stereocenters. The van der Waals surface area contributed by atoms with Gasteiger partial charge in [-0.3, -0.25) is 0 Å². The van der Waals surface area contributed by atoms with Gasteiger partial charge in [-0.1, -0.05) is 30.3 Å². The first-order valence-corrected chi connectivity index (χ1v) is 7.40. The number of rotatable bonds is 5. The van der Waals surface area contributed by atoms with Crippen LogP contribution in [0.3, 0.4) is 0 Å². The van der Waals surface area contributed by atoms with E-state index in [0.29, 0.717) is 12.1 Å². The Morgan fingerprint density at radius 1 is 1.14 bits per heavy atom. The monoisotopic (exact) mass is 287 g/mol. The smallest absolute Gasteiger partial charge is 0.130 e. The molecule has 0 radical (unpaired) electrons. The first-order valence-electron chi connectivity index (χ1n) is 7.40. The largest absolute Gasteiger partial charge is 0.306 e. The van der Waals surface area contributed by atoms with Gasteiger partial charge in [0.25, 0.3) is 0 Å². The van der Waals surface area contributed by atoms with Crippen LogP contribution in [0.1, 0.15) is 48.4 Å². The molecule has 1 nitrogen and oxygen atoms in total. The molecule has 110 valence electrons. The summed E-state index contributed by atoms with van der Waals surface area (Å²) in [5.41, 5.74) is 3.10. The number of benzene rings is 2. The van der Waals surface area contributed by atoms with Gasteiger partial charge in [-0.2, -0.15) is 0 Å². The average Bonchev–Trinajstić information content (AvgIpc) is 3.30. The summed E-state index contributed by atoms with van der Waals surface area (Å²) in [6.45, 7) is 2.57. The second-order valence-electron chi connectivity index (χ2n) is 5.79. The van der Waals surface area contributed by atoms with Gasteiger partial charge in [-0.25, -0.2) is 8.78 Å². The van der Waals surface area contributed by atoms with Crippen LogP contribution in [0, 0.1) is 11.6 Å². The minimum atomic E-state index is -0.541. The van der Waals surface area contributed by atoms with E-state index >= 15 is 0 Å². The fraction of sp³-hybridized carbons (Fsp3) is 0.333. The zero-order valence-electron chi connectivity index (χ0n) is 12.1. The van der Waals surface area contributed by atoms with Gasteiger partial charge in [0.1, 0.15) is 11.6 Å². The van der Waals surface area contributed by atoms with E-state index in [9.17, 15) is 8.78 Å². The van der Waals surface area contributed by atoms with E-state index < -0.39 is 11.6 Å². The average molecular weight is 287 g/mol. The summed E-state index contributed by atoms with van der Waals surface area (Å²) in [6, 6.07) is 12.1. The maximum atomic E-state index is 13.7. The van der Waals surface area contributed by atoms with Crippen molar-refractivity contribution in [1.29, 1.82) is 0 Å². The maximum absolute atomic E-state index is 13.7. The number of hydrogen-bond acceptors (Lipinski definition) is 1. The van der Waals surface area contributed by atoms with Gasteiger partial charge in [-0.15, -0.1) is 0 Å². The van der Waals surface area contributed by atoms with Gasteiger partial charge in [0.2, 0.25) is 0 Å². The van der Waals surface area contributed by atoms with Crippen molar-refractivity contribution < 1.29 is 8.78 Å². The van der Waals surface area contributed by atoms with Crippen LogP contribution in [0.25, 0.3) is 0 Å². The van der Waals surface area contributed by atoms with E-state index in [1.807, 2.05) is 6.92 Å². The molecule has 0 bridgehead atoms. The van der Waals surface area contributed by atoms with Gasteiger partial charge in [-0.05, 0) is 42.9 Å². The molecule has 3 rings (SSSR count). The summed E-state index contributed by atoms with van der Waals surface area (Å²) < 4.78 is 26.7. The lowest BCUT2D eigenvalue weighted by Crippen LogP contribution is -2.19. The lowest BCUT2D eigenvalue weighted by atomic mass is 10.1. The van der Waals surface area contributed by atoms with Crippen LogP contribution in [-0.4, -0.2) is 0 Å². The van der Waals surface area contributed by atoms with Crippen LogP contribution in [0.5, 0.6) is 0 Å². The minimum Gasteiger partial charge on any atom is -0.306 e. The summed E-state index contributed by atoms with van der Waals surface area (Å²) in [4.78, 5) is 0. The fourth-order valence-electron chi connectivity index (χ4n) is 2.61. The molecular weight excluding hydrogens is 268 g/mol. The molecule has 1 aliphatic rings. The number of halogens is 2. The Labute approximate surface area is 124 Å². The van der Waals surface area contributed by atoms with Gasteiger partial charge in [0.05, 0.1) is 0 Å². The van der Waals surface area contributed by atoms with E-state index in [1.165, 1.54) is 36.1 Å². The Kier molecular flexibility index (Phi) is 4.02. The fourth-order valence-corrected chi connectivity index (χ4v) is 2.61. The van der Waals surface area contributed by atoms with Crippen molar-refractivity contribution in [3.63, 3.8) is 0 Å². The van der Waals surface area contributed by atoms with Crippen LogP contribution in [0.4, 0.5) is 8.78 Å².